The normalized spacial score (nSPS) is 12.5. The van der Waals surface area contributed by atoms with Gasteiger partial charge in [0.05, 0.1) is 16.6 Å². The van der Waals surface area contributed by atoms with Crippen LogP contribution in [0.2, 0.25) is 0 Å². The SMILES string of the molecule is Cc1cc2c(cn1)OCS2.Cc1cncc2cc[nH]c12. The lowest BCUT2D eigenvalue weighted by atomic mass is 10.2. The van der Waals surface area contributed by atoms with Crippen LogP contribution in [-0.4, -0.2) is 20.9 Å². The highest BCUT2D eigenvalue weighted by atomic mass is 32.2. The Labute approximate surface area is 121 Å². The zero-order chi connectivity index (χ0) is 13.9. The van der Waals surface area contributed by atoms with Gasteiger partial charge in [-0.3, -0.25) is 9.97 Å². The van der Waals surface area contributed by atoms with Gasteiger partial charge in [0.2, 0.25) is 0 Å². The number of fused-ring (bicyclic) bond motifs is 2. The minimum absolute atomic E-state index is 0.737. The second-order valence-electron chi connectivity index (χ2n) is 4.58. The van der Waals surface area contributed by atoms with Crippen LogP contribution in [0.1, 0.15) is 11.3 Å². The van der Waals surface area contributed by atoms with Gasteiger partial charge in [-0.05, 0) is 31.5 Å². The highest BCUT2D eigenvalue weighted by Crippen LogP contribution is 2.35. The predicted octanol–water partition coefficient (Wildman–Crippen LogP) is 3.70. The first-order chi connectivity index (χ1) is 9.74. The Kier molecular flexibility index (Phi) is 3.60. The minimum Gasteiger partial charge on any atom is -0.480 e. The van der Waals surface area contributed by atoms with Gasteiger partial charge in [0.15, 0.2) is 5.75 Å². The molecule has 1 aliphatic heterocycles. The average molecular weight is 285 g/mol. The molecule has 4 rings (SSSR count). The van der Waals surface area contributed by atoms with Gasteiger partial charge < -0.3 is 9.72 Å². The Morgan fingerprint density at radius 2 is 2.15 bits per heavy atom. The Balaban J connectivity index is 0.000000121. The number of nitrogens with one attached hydrogen (secondary N) is 1. The Morgan fingerprint density at radius 3 is 3.00 bits per heavy atom. The molecule has 3 aromatic rings. The smallest absolute Gasteiger partial charge is 0.152 e. The van der Waals surface area contributed by atoms with Gasteiger partial charge in [-0.1, -0.05) is 11.8 Å². The minimum atomic E-state index is 0.737. The summed E-state index contributed by atoms with van der Waals surface area (Å²) in [7, 11) is 0. The van der Waals surface area contributed by atoms with Gasteiger partial charge in [-0.25, -0.2) is 0 Å². The van der Waals surface area contributed by atoms with Crippen molar-refractivity contribution < 1.29 is 4.74 Å². The van der Waals surface area contributed by atoms with Crippen LogP contribution in [0.3, 0.4) is 0 Å². The summed E-state index contributed by atoms with van der Waals surface area (Å²) in [5.74, 6) is 1.66. The van der Waals surface area contributed by atoms with Crippen molar-refractivity contribution in [3.05, 3.63) is 48.2 Å². The first-order valence-corrected chi connectivity index (χ1v) is 7.32. The van der Waals surface area contributed by atoms with Crippen molar-refractivity contribution in [2.24, 2.45) is 0 Å². The Bertz CT molecular complexity index is 739. The molecular formula is C15H15N3OS. The topological polar surface area (TPSA) is 50.8 Å². The Morgan fingerprint density at radius 1 is 1.25 bits per heavy atom. The van der Waals surface area contributed by atoms with Crippen LogP contribution in [0.4, 0.5) is 0 Å². The van der Waals surface area contributed by atoms with Crippen molar-refractivity contribution in [2.45, 2.75) is 18.7 Å². The molecular weight excluding hydrogens is 270 g/mol. The number of hydrogen-bond donors (Lipinski definition) is 1. The molecule has 1 aliphatic rings. The fourth-order valence-electron chi connectivity index (χ4n) is 2.02. The number of pyridine rings is 2. The van der Waals surface area contributed by atoms with Crippen LogP contribution < -0.4 is 4.74 Å². The van der Waals surface area contributed by atoms with E-state index in [-0.39, 0.29) is 0 Å². The van der Waals surface area contributed by atoms with E-state index >= 15 is 0 Å². The summed E-state index contributed by atoms with van der Waals surface area (Å²) < 4.78 is 5.25. The molecule has 0 radical (unpaired) electrons. The lowest BCUT2D eigenvalue weighted by Crippen LogP contribution is -1.84. The van der Waals surface area contributed by atoms with Crippen LogP contribution in [0.25, 0.3) is 10.9 Å². The second kappa shape index (κ2) is 5.54. The third-order valence-corrected chi connectivity index (χ3v) is 3.92. The number of rotatable bonds is 0. The fourth-order valence-corrected chi connectivity index (χ4v) is 2.84. The first kappa shape index (κ1) is 13.0. The van der Waals surface area contributed by atoms with E-state index < -0.39 is 0 Å². The van der Waals surface area contributed by atoms with Crippen molar-refractivity contribution in [1.29, 1.82) is 0 Å². The Hall–Kier alpha value is -2.01. The van der Waals surface area contributed by atoms with Crippen molar-refractivity contribution in [1.82, 2.24) is 15.0 Å². The van der Waals surface area contributed by atoms with Crippen molar-refractivity contribution in [3.8, 4) is 5.75 Å². The van der Waals surface area contributed by atoms with E-state index in [0.29, 0.717) is 0 Å². The van der Waals surface area contributed by atoms with Crippen LogP contribution in [-0.2, 0) is 0 Å². The number of aryl methyl sites for hydroxylation is 2. The molecule has 102 valence electrons. The number of aromatic nitrogens is 3. The molecule has 0 aromatic carbocycles. The highest BCUT2D eigenvalue weighted by Gasteiger charge is 2.11. The van der Waals surface area contributed by atoms with Crippen molar-refractivity contribution in [3.63, 3.8) is 0 Å². The molecule has 0 bridgehead atoms. The maximum atomic E-state index is 5.25. The third kappa shape index (κ3) is 2.63. The molecule has 0 saturated carbocycles. The number of hydrogen-bond acceptors (Lipinski definition) is 4. The molecule has 0 unspecified atom stereocenters. The monoisotopic (exact) mass is 285 g/mol. The van der Waals surface area contributed by atoms with E-state index in [1.807, 2.05) is 44.6 Å². The molecule has 3 aromatic heterocycles. The van der Waals surface area contributed by atoms with Crippen molar-refractivity contribution in [2.75, 3.05) is 5.94 Å². The molecule has 5 heteroatoms. The number of nitrogens with zero attached hydrogens (tertiary/aromatic N) is 2. The standard InChI is InChI=1S/C8H8N2.C7H7NOS/c1-6-4-9-5-7-2-3-10-8(6)7;1-5-2-7-6(3-8-5)9-4-10-7/h2-5,10H,1H3;2-3H,4H2,1H3. The maximum Gasteiger partial charge on any atom is 0.152 e. The van der Waals surface area contributed by atoms with E-state index in [9.17, 15) is 0 Å². The molecule has 0 atom stereocenters. The first-order valence-electron chi connectivity index (χ1n) is 6.34. The van der Waals surface area contributed by atoms with E-state index in [1.165, 1.54) is 21.4 Å². The molecule has 0 amide bonds. The van der Waals surface area contributed by atoms with Crippen LogP contribution in [0, 0.1) is 13.8 Å². The lowest BCUT2D eigenvalue weighted by Gasteiger charge is -1.95. The van der Waals surface area contributed by atoms with E-state index in [2.05, 4.69) is 15.0 Å². The second-order valence-corrected chi connectivity index (χ2v) is 5.54. The molecule has 1 N–H and O–H groups in total. The number of ether oxygens (including phenoxy) is 1. The number of aromatic amines is 1. The lowest BCUT2D eigenvalue weighted by molar-refractivity contribution is 0.395. The van der Waals surface area contributed by atoms with E-state index in [1.54, 1.807) is 18.0 Å². The molecule has 20 heavy (non-hydrogen) atoms. The quantitative estimate of drug-likeness (QED) is 0.684. The van der Waals surface area contributed by atoms with Gasteiger partial charge in [-0.15, -0.1) is 0 Å². The fraction of sp³-hybridized carbons (Fsp3) is 0.200. The van der Waals surface area contributed by atoms with Crippen LogP contribution in [0.5, 0.6) is 5.75 Å². The van der Waals surface area contributed by atoms with Gasteiger partial charge in [0.1, 0.15) is 5.94 Å². The largest absolute Gasteiger partial charge is 0.480 e. The van der Waals surface area contributed by atoms with Gasteiger partial charge in [0.25, 0.3) is 0 Å². The van der Waals surface area contributed by atoms with E-state index in [0.717, 1.165) is 17.4 Å². The molecule has 4 heterocycles. The zero-order valence-electron chi connectivity index (χ0n) is 11.4. The number of thioether (sulfide) groups is 1. The summed E-state index contributed by atoms with van der Waals surface area (Å²) in [5, 5.41) is 1.18. The van der Waals surface area contributed by atoms with Gasteiger partial charge >= 0.3 is 0 Å². The molecule has 0 saturated heterocycles. The predicted molar refractivity (Wildman–Crippen MR) is 81.2 cm³/mol. The zero-order valence-corrected chi connectivity index (χ0v) is 12.2. The average Bonchev–Trinajstić information content (AvgIpc) is 3.07. The molecule has 0 fully saturated rings. The summed E-state index contributed by atoms with van der Waals surface area (Å²) in [4.78, 5) is 12.5. The summed E-state index contributed by atoms with van der Waals surface area (Å²) in [5.41, 5.74) is 3.44. The van der Waals surface area contributed by atoms with Crippen LogP contribution >= 0.6 is 11.8 Å². The summed E-state index contributed by atoms with van der Waals surface area (Å²) in [6.45, 7) is 4.03. The summed E-state index contributed by atoms with van der Waals surface area (Å²) in [6, 6.07) is 4.07. The van der Waals surface area contributed by atoms with Gasteiger partial charge in [-0.2, -0.15) is 0 Å². The summed E-state index contributed by atoms with van der Waals surface area (Å²) in [6.07, 6.45) is 7.43. The maximum absolute atomic E-state index is 5.25. The number of H-pyrrole nitrogens is 1. The van der Waals surface area contributed by atoms with E-state index in [4.69, 9.17) is 4.74 Å². The van der Waals surface area contributed by atoms with Crippen molar-refractivity contribution >= 4 is 22.7 Å². The third-order valence-electron chi connectivity index (χ3n) is 3.05. The summed E-state index contributed by atoms with van der Waals surface area (Å²) >= 11 is 1.72. The molecule has 0 spiro atoms. The molecule has 4 nitrogen and oxygen atoms in total. The van der Waals surface area contributed by atoms with Gasteiger partial charge in [0, 0.05) is 29.7 Å². The van der Waals surface area contributed by atoms with Crippen LogP contribution in [0.15, 0.2) is 41.8 Å². The highest BCUT2D eigenvalue weighted by molar-refractivity contribution is 7.99. The molecule has 0 aliphatic carbocycles.